The molecule has 0 aromatic heterocycles. The number of halogens is 1. The number of aliphatic hydroxyl groups is 1. The zero-order valence-electron chi connectivity index (χ0n) is 23.1. The van der Waals surface area contributed by atoms with Crippen molar-refractivity contribution in [3.63, 3.8) is 0 Å². The lowest BCUT2D eigenvalue weighted by atomic mass is 9.77. The fraction of sp³-hybridized carbons (Fsp3) is 0.406. The predicted octanol–water partition coefficient (Wildman–Crippen LogP) is 3.44. The van der Waals surface area contributed by atoms with E-state index in [1.807, 2.05) is 62.4 Å². The lowest BCUT2D eigenvalue weighted by Crippen LogP contribution is -2.59. The fourth-order valence-electron chi connectivity index (χ4n) is 6.94. The standard InChI is InChI=1S/C32H34ClN3O5/c1-20(2)24(19-37)36-28-31(40)35(23-13-7-6-12-22(23)33)17-9-15-32(28)27(30(36)39)26-25(41-32)14-8-16-34(29(26)38)18-21-10-4-3-5-11-21/h3-15,20,24-28,37H,16-19H2,1-2H3/t24-,25-,26+,27-,28?,32-/m0/s1. The molecule has 2 aromatic carbocycles. The molecular formula is C32H34ClN3O5. The van der Waals surface area contributed by atoms with Gasteiger partial charge in [0.15, 0.2) is 0 Å². The number of likely N-dealkylation sites (tertiary alicyclic amines) is 1. The molecule has 2 aromatic rings. The van der Waals surface area contributed by atoms with Crippen molar-refractivity contribution in [2.75, 3.05) is 24.6 Å². The summed E-state index contributed by atoms with van der Waals surface area (Å²) in [5.41, 5.74) is 0.134. The van der Waals surface area contributed by atoms with Gasteiger partial charge in [0.25, 0.3) is 5.91 Å². The highest BCUT2D eigenvalue weighted by Gasteiger charge is 2.72. The minimum absolute atomic E-state index is 0.149. The fourth-order valence-corrected chi connectivity index (χ4v) is 7.18. The Morgan fingerprint density at radius 2 is 1.71 bits per heavy atom. The van der Waals surface area contributed by atoms with Crippen LogP contribution in [0.15, 0.2) is 78.9 Å². The van der Waals surface area contributed by atoms with Crippen LogP contribution in [0.4, 0.5) is 5.69 Å². The van der Waals surface area contributed by atoms with Crippen LogP contribution in [0.2, 0.25) is 5.02 Å². The van der Waals surface area contributed by atoms with Gasteiger partial charge in [-0.15, -0.1) is 0 Å². The normalized spacial score (nSPS) is 29.9. The first-order valence-electron chi connectivity index (χ1n) is 14.1. The van der Waals surface area contributed by atoms with E-state index >= 15 is 0 Å². The molecule has 4 aliphatic rings. The molecule has 0 saturated carbocycles. The number of carbonyl (C=O) groups excluding carboxylic acids is 3. The van der Waals surface area contributed by atoms with E-state index in [1.165, 1.54) is 4.90 Å². The Labute approximate surface area is 244 Å². The van der Waals surface area contributed by atoms with E-state index in [0.29, 0.717) is 23.8 Å². The van der Waals surface area contributed by atoms with Gasteiger partial charge in [0.05, 0.1) is 41.3 Å². The van der Waals surface area contributed by atoms with Crippen LogP contribution in [0, 0.1) is 17.8 Å². The van der Waals surface area contributed by atoms with Gasteiger partial charge >= 0.3 is 0 Å². The number of hydrogen-bond acceptors (Lipinski definition) is 5. The Bertz CT molecular complexity index is 1410. The number of hydrogen-bond donors (Lipinski definition) is 1. The van der Waals surface area contributed by atoms with Gasteiger partial charge in [-0.2, -0.15) is 0 Å². The van der Waals surface area contributed by atoms with E-state index in [-0.39, 0.29) is 36.8 Å². The molecule has 0 bridgehead atoms. The van der Waals surface area contributed by atoms with Crippen molar-refractivity contribution in [2.45, 2.75) is 44.2 Å². The second kappa shape index (κ2) is 10.7. The molecule has 1 spiro atoms. The van der Waals surface area contributed by atoms with Gasteiger partial charge in [-0.1, -0.05) is 92.2 Å². The first-order chi connectivity index (χ1) is 19.8. The molecule has 1 unspecified atom stereocenters. The number of amides is 3. The smallest absolute Gasteiger partial charge is 0.253 e. The zero-order chi connectivity index (χ0) is 28.9. The third-order valence-electron chi connectivity index (χ3n) is 8.85. The summed E-state index contributed by atoms with van der Waals surface area (Å²) in [6, 6.07) is 15.1. The van der Waals surface area contributed by atoms with E-state index in [4.69, 9.17) is 16.3 Å². The number of ether oxygens (including phenoxy) is 1. The maximum Gasteiger partial charge on any atom is 0.253 e. The molecule has 2 fully saturated rings. The molecule has 41 heavy (non-hydrogen) atoms. The summed E-state index contributed by atoms with van der Waals surface area (Å²) in [6.07, 6.45) is 6.73. The predicted molar refractivity (Wildman–Crippen MR) is 155 cm³/mol. The van der Waals surface area contributed by atoms with Crippen LogP contribution in [0.1, 0.15) is 19.4 Å². The number of para-hydroxylation sites is 1. The Kier molecular flexibility index (Phi) is 7.26. The van der Waals surface area contributed by atoms with E-state index in [0.717, 1.165) is 5.56 Å². The van der Waals surface area contributed by atoms with E-state index in [2.05, 4.69) is 0 Å². The average molecular weight is 576 g/mol. The van der Waals surface area contributed by atoms with Crippen molar-refractivity contribution in [2.24, 2.45) is 17.8 Å². The molecular weight excluding hydrogens is 542 g/mol. The second-order valence-electron chi connectivity index (χ2n) is 11.5. The van der Waals surface area contributed by atoms with Gasteiger partial charge < -0.3 is 24.5 Å². The molecule has 0 radical (unpaired) electrons. The largest absolute Gasteiger partial charge is 0.394 e. The Hall–Kier alpha value is -3.46. The number of anilines is 1. The van der Waals surface area contributed by atoms with E-state index < -0.39 is 35.6 Å². The molecule has 1 N–H and O–H groups in total. The molecule has 4 aliphatic heterocycles. The van der Waals surface area contributed by atoms with Crippen molar-refractivity contribution < 1.29 is 24.2 Å². The summed E-state index contributed by atoms with van der Waals surface area (Å²) >= 11 is 6.52. The van der Waals surface area contributed by atoms with Crippen LogP contribution in [0.25, 0.3) is 0 Å². The van der Waals surface area contributed by atoms with Gasteiger partial charge in [0, 0.05) is 19.6 Å². The minimum Gasteiger partial charge on any atom is -0.394 e. The highest BCUT2D eigenvalue weighted by atomic mass is 35.5. The van der Waals surface area contributed by atoms with E-state index in [1.54, 1.807) is 40.1 Å². The topological polar surface area (TPSA) is 90.4 Å². The number of carbonyl (C=O) groups is 3. The van der Waals surface area contributed by atoms with Gasteiger partial charge in [0.1, 0.15) is 11.6 Å². The highest BCUT2D eigenvalue weighted by Crippen LogP contribution is 2.54. The van der Waals surface area contributed by atoms with Crippen LogP contribution in [-0.4, -0.2) is 76.1 Å². The number of nitrogens with zero attached hydrogens (tertiary/aromatic N) is 3. The van der Waals surface area contributed by atoms with Crippen molar-refractivity contribution in [3.05, 3.63) is 89.5 Å². The zero-order valence-corrected chi connectivity index (χ0v) is 23.9. The van der Waals surface area contributed by atoms with Crippen molar-refractivity contribution in [1.29, 1.82) is 0 Å². The summed E-state index contributed by atoms with van der Waals surface area (Å²) in [4.78, 5) is 48.1. The van der Waals surface area contributed by atoms with E-state index in [9.17, 15) is 19.5 Å². The lowest BCUT2D eigenvalue weighted by Gasteiger charge is -2.39. The Morgan fingerprint density at radius 1 is 0.976 bits per heavy atom. The van der Waals surface area contributed by atoms with Crippen LogP contribution in [0.5, 0.6) is 0 Å². The Morgan fingerprint density at radius 3 is 2.41 bits per heavy atom. The van der Waals surface area contributed by atoms with Gasteiger partial charge in [-0.05, 0) is 23.6 Å². The van der Waals surface area contributed by atoms with Crippen LogP contribution < -0.4 is 4.90 Å². The number of benzene rings is 2. The van der Waals surface area contributed by atoms with Crippen LogP contribution in [0.3, 0.4) is 0 Å². The van der Waals surface area contributed by atoms with Gasteiger partial charge in [0.2, 0.25) is 11.8 Å². The molecule has 4 heterocycles. The summed E-state index contributed by atoms with van der Waals surface area (Å²) in [5.74, 6) is -2.77. The first kappa shape index (κ1) is 27.7. The lowest BCUT2D eigenvalue weighted by molar-refractivity contribution is -0.148. The molecule has 3 amide bonds. The molecule has 8 nitrogen and oxygen atoms in total. The number of rotatable bonds is 6. The highest BCUT2D eigenvalue weighted by molar-refractivity contribution is 6.34. The summed E-state index contributed by atoms with van der Waals surface area (Å²) in [5, 5.41) is 10.9. The summed E-state index contributed by atoms with van der Waals surface area (Å²) in [6.45, 7) is 4.50. The molecule has 9 heteroatoms. The van der Waals surface area contributed by atoms with Crippen LogP contribution in [-0.2, 0) is 25.7 Å². The quantitative estimate of drug-likeness (QED) is 0.533. The van der Waals surface area contributed by atoms with Crippen LogP contribution >= 0.6 is 11.6 Å². The SMILES string of the molecule is CC(C)[C@H](CO)N1C(=O)[C@@H]2[C@@H]3C(=O)N(Cc4ccccc4)CC=C[C@@H]3O[C@@]23C=CCN(c2ccccc2Cl)C(=O)C13. The third kappa shape index (κ3) is 4.40. The number of fused-ring (bicyclic) bond motifs is 2. The molecule has 6 rings (SSSR count). The summed E-state index contributed by atoms with van der Waals surface area (Å²) in [7, 11) is 0. The van der Waals surface area contributed by atoms with Gasteiger partial charge in [-0.25, -0.2) is 0 Å². The molecule has 2 saturated heterocycles. The molecule has 6 atom stereocenters. The first-order valence-corrected chi connectivity index (χ1v) is 14.5. The van der Waals surface area contributed by atoms with Crippen molar-refractivity contribution in [3.8, 4) is 0 Å². The van der Waals surface area contributed by atoms with Crippen molar-refractivity contribution in [1.82, 2.24) is 9.80 Å². The maximum absolute atomic E-state index is 14.5. The minimum atomic E-state index is -1.38. The second-order valence-corrected chi connectivity index (χ2v) is 11.9. The third-order valence-corrected chi connectivity index (χ3v) is 9.17. The summed E-state index contributed by atoms with van der Waals surface area (Å²) < 4.78 is 6.72. The molecule has 0 aliphatic carbocycles. The average Bonchev–Trinajstić information content (AvgIpc) is 3.28. The molecule has 214 valence electrons. The Balaban J connectivity index is 1.45. The van der Waals surface area contributed by atoms with Crippen molar-refractivity contribution >= 4 is 35.0 Å². The maximum atomic E-state index is 14.5. The monoisotopic (exact) mass is 575 g/mol. The van der Waals surface area contributed by atoms with Gasteiger partial charge in [-0.3, -0.25) is 14.4 Å². The number of aliphatic hydroxyl groups excluding tert-OH is 1.